The molecule has 2 aliphatic heterocycles. The maximum atomic E-state index is 14.0. The number of benzene rings is 1. The summed E-state index contributed by atoms with van der Waals surface area (Å²) < 4.78 is 39.7. The fourth-order valence-corrected chi connectivity index (χ4v) is 4.30. The highest BCUT2D eigenvalue weighted by molar-refractivity contribution is 6.15. The Hall–Kier alpha value is -3.00. The van der Waals surface area contributed by atoms with Crippen molar-refractivity contribution in [1.29, 1.82) is 0 Å². The molecule has 2 aliphatic rings. The van der Waals surface area contributed by atoms with Crippen LogP contribution in [0.15, 0.2) is 65.1 Å². The first-order valence-electron chi connectivity index (χ1n) is 11.3. The van der Waals surface area contributed by atoms with Gasteiger partial charge in [-0.25, -0.2) is 13.2 Å². The molecule has 33 heavy (non-hydrogen) atoms. The Morgan fingerprint density at radius 1 is 1.18 bits per heavy atom. The zero-order valence-corrected chi connectivity index (χ0v) is 18.7. The van der Waals surface area contributed by atoms with Crippen LogP contribution in [-0.2, 0) is 6.54 Å². The number of piperidine rings is 1. The molecule has 0 amide bonds. The number of pyridine rings is 1. The lowest BCUT2D eigenvalue weighted by molar-refractivity contribution is 0.206. The van der Waals surface area contributed by atoms with Crippen LogP contribution >= 0.6 is 0 Å². The molecule has 0 N–H and O–H groups in total. The Kier molecular flexibility index (Phi) is 7.23. The third kappa shape index (κ3) is 5.50. The van der Waals surface area contributed by atoms with Crippen LogP contribution < -0.4 is 4.90 Å². The summed E-state index contributed by atoms with van der Waals surface area (Å²) in [6, 6.07) is 10.2. The lowest BCUT2D eigenvalue weighted by Crippen LogP contribution is -2.37. The van der Waals surface area contributed by atoms with Gasteiger partial charge in [0.05, 0.1) is 18.0 Å². The van der Waals surface area contributed by atoms with Gasteiger partial charge in [0.2, 0.25) is 0 Å². The Labute approximate surface area is 192 Å². The Morgan fingerprint density at radius 3 is 2.58 bits per heavy atom. The zero-order valence-electron chi connectivity index (χ0n) is 18.7. The summed E-state index contributed by atoms with van der Waals surface area (Å²) in [5, 5.41) is 7.44. The van der Waals surface area contributed by atoms with Crippen molar-refractivity contribution in [2.45, 2.75) is 39.2 Å². The first kappa shape index (κ1) is 23.2. The summed E-state index contributed by atoms with van der Waals surface area (Å²) in [5.41, 5.74) is 3.39. The monoisotopic (exact) mass is 455 g/mol. The van der Waals surface area contributed by atoms with E-state index in [-0.39, 0.29) is 17.9 Å². The number of halogens is 3. The first-order valence-corrected chi connectivity index (χ1v) is 11.3. The van der Waals surface area contributed by atoms with Gasteiger partial charge in [0.25, 0.3) is 6.43 Å². The van der Waals surface area contributed by atoms with Crippen LogP contribution in [0.4, 0.5) is 18.9 Å². The molecule has 174 valence electrons. The van der Waals surface area contributed by atoms with Crippen molar-refractivity contribution in [2.75, 3.05) is 24.5 Å². The molecular weight excluding hydrogens is 427 g/mol. The number of allylic oxidation sites excluding steroid dienone is 1. The number of aromatic nitrogens is 1. The van der Waals surface area contributed by atoms with E-state index < -0.39 is 6.43 Å². The summed E-state index contributed by atoms with van der Waals surface area (Å²) in [6.45, 7) is 10.1. The number of hydrogen-bond donors (Lipinski definition) is 0. The molecule has 0 aliphatic carbocycles. The van der Waals surface area contributed by atoms with Crippen LogP contribution in [0.5, 0.6) is 0 Å². The van der Waals surface area contributed by atoms with Crippen LogP contribution in [-0.4, -0.2) is 47.4 Å². The van der Waals surface area contributed by atoms with Gasteiger partial charge in [-0.05, 0) is 62.8 Å². The number of anilines is 1. The fourth-order valence-electron chi connectivity index (χ4n) is 4.30. The number of rotatable bonds is 8. The van der Waals surface area contributed by atoms with E-state index in [1.54, 1.807) is 12.3 Å². The fraction of sp³-hybridized carbons (Fsp3) is 0.400. The highest BCUT2D eigenvalue weighted by atomic mass is 19.3. The van der Waals surface area contributed by atoms with Crippen molar-refractivity contribution in [2.24, 2.45) is 16.1 Å². The van der Waals surface area contributed by atoms with Crippen LogP contribution in [0.25, 0.3) is 0 Å². The smallest absolute Gasteiger partial charge is 0.278 e. The molecule has 4 rings (SSSR count). The van der Waals surface area contributed by atoms with Gasteiger partial charge >= 0.3 is 0 Å². The number of likely N-dealkylation sites (tertiary alicyclic amines) is 1. The molecule has 0 bridgehead atoms. The molecule has 0 unspecified atom stereocenters. The molecule has 8 heteroatoms. The maximum Gasteiger partial charge on any atom is 0.278 e. The average Bonchev–Trinajstić information content (AvgIpc) is 3.33. The Bertz CT molecular complexity index is 1040. The quantitative estimate of drug-likeness (QED) is 0.544. The van der Waals surface area contributed by atoms with Crippen molar-refractivity contribution < 1.29 is 13.2 Å². The van der Waals surface area contributed by atoms with E-state index in [4.69, 9.17) is 0 Å². The number of hydrogen-bond acceptors (Lipinski definition) is 5. The second-order valence-electron chi connectivity index (χ2n) is 8.42. The van der Waals surface area contributed by atoms with Crippen LogP contribution in [0, 0.1) is 11.7 Å². The Balaban J connectivity index is 1.50. The molecule has 1 aromatic carbocycles. The highest BCUT2D eigenvalue weighted by Gasteiger charge is 2.26. The predicted octanol–water partition coefficient (Wildman–Crippen LogP) is 5.29. The molecular formula is C25H28F3N5. The summed E-state index contributed by atoms with van der Waals surface area (Å²) in [7, 11) is 0. The summed E-state index contributed by atoms with van der Waals surface area (Å²) in [4.78, 5) is 8.98. The molecule has 5 nitrogen and oxygen atoms in total. The van der Waals surface area contributed by atoms with E-state index in [2.05, 4.69) is 33.6 Å². The molecule has 0 spiro atoms. The predicted molar refractivity (Wildman–Crippen MR) is 125 cm³/mol. The van der Waals surface area contributed by atoms with Crippen LogP contribution in [0.2, 0.25) is 0 Å². The van der Waals surface area contributed by atoms with E-state index in [1.165, 1.54) is 12.1 Å². The molecule has 2 aromatic rings. The SMILES string of the molecule is C=C(C1CCN(CC)CC1)N(Cc1ccc(C2=NN=C(C(F)F)C2)cn1)c1cccc(F)c1. The number of nitrogens with zero attached hydrogens (tertiary/aromatic N) is 5. The van der Waals surface area contributed by atoms with E-state index in [1.807, 2.05) is 23.1 Å². The van der Waals surface area contributed by atoms with Crippen LogP contribution in [0.3, 0.4) is 0 Å². The topological polar surface area (TPSA) is 44.1 Å². The molecule has 1 aromatic heterocycles. The summed E-state index contributed by atoms with van der Waals surface area (Å²) in [5.74, 6) is 0.0107. The minimum absolute atomic E-state index is 0.0291. The van der Waals surface area contributed by atoms with Crippen molar-refractivity contribution in [3.05, 3.63) is 71.9 Å². The van der Waals surface area contributed by atoms with Crippen LogP contribution in [0.1, 0.15) is 37.4 Å². The van der Waals surface area contributed by atoms with E-state index in [9.17, 15) is 13.2 Å². The second kappa shape index (κ2) is 10.3. The average molecular weight is 456 g/mol. The lowest BCUT2D eigenvalue weighted by atomic mass is 9.92. The third-order valence-corrected chi connectivity index (χ3v) is 6.35. The van der Waals surface area contributed by atoms with Gasteiger partial charge in [-0.1, -0.05) is 19.6 Å². The van der Waals surface area contributed by atoms with Gasteiger partial charge in [0, 0.05) is 35.5 Å². The third-order valence-electron chi connectivity index (χ3n) is 6.35. The van der Waals surface area contributed by atoms with E-state index in [0.717, 1.165) is 49.6 Å². The minimum atomic E-state index is -2.60. The molecule has 0 saturated carbocycles. The maximum absolute atomic E-state index is 14.0. The van der Waals surface area contributed by atoms with Crippen molar-refractivity contribution >= 4 is 17.1 Å². The van der Waals surface area contributed by atoms with Crippen molar-refractivity contribution in [3.8, 4) is 0 Å². The van der Waals surface area contributed by atoms with Gasteiger partial charge in [-0.3, -0.25) is 4.98 Å². The first-order chi connectivity index (χ1) is 15.9. The van der Waals surface area contributed by atoms with Gasteiger partial charge in [-0.15, -0.1) is 0 Å². The standard InChI is InChI=1S/C25H28F3N5/c1-3-32-11-9-18(10-12-32)17(2)33(22-6-4-5-20(26)13-22)16-21-8-7-19(15-29-21)23-14-24(25(27)28)31-30-23/h4-8,13,15,18,25H,2-3,9-12,14,16H2,1H3. The van der Waals surface area contributed by atoms with Gasteiger partial charge in [-0.2, -0.15) is 10.2 Å². The number of alkyl halides is 2. The van der Waals surface area contributed by atoms with Gasteiger partial charge in [0.1, 0.15) is 11.5 Å². The van der Waals surface area contributed by atoms with Gasteiger partial charge in [0.15, 0.2) is 0 Å². The highest BCUT2D eigenvalue weighted by Crippen LogP contribution is 2.31. The summed E-state index contributed by atoms with van der Waals surface area (Å²) in [6.07, 6.45) is 1.08. The van der Waals surface area contributed by atoms with Crippen molar-refractivity contribution in [3.63, 3.8) is 0 Å². The minimum Gasteiger partial charge on any atom is -0.339 e. The lowest BCUT2D eigenvalue weighted by Gasteiger charge is -2.37. The molecule has 3 heterocycles. The molecule has 0 atom stereocenters. The van der Waals surface area contributed by atoms with E-state index >= 15 is 0 Å². The van der Waals surface area contributed by atoms with E-state index in [0.29, 0.717) is 23.7 Å². The zero-order chi connectivity index (χ0) is 23.4. The molecule has 1 saturated heterocycles. The Morgan fingerprint density at radius 2 is 1.97 bits per heavy atom. The normalized spacial score (nSPS) is 17.2. The largest absolute Gasteiger partial charge is 0.339 e. The molecule has 1 fully saturated rings. The second-order valence-corrected chi connectivity index (χ2v) is 8.42. The summed E-state index contributed by atoms with van der Waals surface area (Å²) >= 11 is 0. The molecule has 0 radical (unpaired) electrons. The van der Waals surface area contributed by atoms with Crippen molar-refractivity contribution in [1.82, 2.24) is 9.88 Å². The van der Waals surface area contributed by atoms with Gasteiger partial charge < -0.3 is 9.80 Å².